The zero-order valence-corrected chi connectivity index (χ0v) is 10.8. The minimum atomic E-state index is 0.0961. The summed E-state index contributed by atoms with van der Waals surface area (Å²) < 4.78 is 5.52. The smallest absolute Gasteiger partial charge is 0.246 e. The predicted molar refractivity (Wildman–Crippen MR) is 72.5 cm³/mol. The predicted octanol–water partition coefficient (Wildman–Crippen LogP) is 2.72. The van der Waals surface area contributed by atoms with Gasteiger partial charge in [-0.15, -0.1) is 0 Å². The number of carbonyl (C=O) groups excluding carboxylic acids is 1. The highest BCUT2D eigenvalue weighted by atomic mass is 16.5. The van der Waals surface area contributed by atoms with E-state index in [1.165, 1.54) is 0 Å². The molecule has 0 aromatic heterocycles. The molecule has 0 atom stereocenters. The molecule has 1 aliphatic rings. The Morgan fingerprint density at radius 1 is 1.33 bits per heavy atom. The van der Waals surface area contributed by atoms with Gasteiger partial charge in [0.2, 0.25) is 5.91 Å². The standard InChI is InChI=1S/C15H19NO2/c1-2-18-14-8-4-3-7-13(14)9-10-15(17)16-11-5-6-12-16/h3-4,7-10H,2,5-6,11-12H2,1H3. The summed E-state index contributed by atoms with van der Waals surface area (Å²) >= 11 is 0. The van der Waals surface area contributed by atoms with Crippen LogP contribution in [0.15, 0.2) is 30.3 Å². The van der Waals surface area contributed by atoms with E-state index in [9.17, 15) is 4.79 Å². The maximum atomic E-state index is 11.9. The summed E-state index contributed by atoms with van der Waals surface area (Å²) in [5, 5.41) is 0. The molecule has 0 radical (unpaired) electrons. The molecular weight excluding hydrogens is 226 g/mol. The van der Waals surface area contributed by atoms with E-state index in [2.05, 4.69) is 0 Å². The fourth-order valence-electron chi connectivity index (χ4n) is 2.11. The summed E-state index contributed by atoms with van der Waals surface area (Å²) in [5.74, 6) is 0.921. The van der Waals surface area contributed by atoms with Crippen molar-refractivity contribution in [3.63, 3.8) is 0 Å². The first-order chi connectivity index (χ1) is 8.81. The maximum Gasteiger partial charge on any atom is 0.246 e. The Morgan fingerprint density at radius 3 is 2.78 bits per heavy atom. The molecule has 18 heavy (non-hydrogen) atoms. The average molecular weight is 245 g/mol. The van der Waals surface area contributed by atoms with Crippen LogP contribution < -0.4 is 4.74 Å². The molecular formula is C15H19NO2. The van der Waals surface area contributed by atoms with E-state index in [0.717, 1.165) is 37.2 Å². The number of benzene rings is 1. The van der Waals surface area contributed by atoms with Crippen molar-refractivity contribution in [2.75, 3.05) is 19.7 Å². The SMILES string of the molecule is CCOc1ccccc1C=CC(=O)N1CCCC1. The number of likely N-dealkylation sites (tertiary alicyclic amines) is 1. The molecule has 3 heteroatoms. The molecule has 0 saturated carbocycles. The van der Waals surface area contributed by atoms with Crippen LogP contribution in [-0.2, 0) is 4.79 Å². The normalized spacial score (nSPS) is 15.3. The molecule has 1 aliphatic heterocycles. The number of hydrogen-bond donors (Lipinski definition) is 0. The van der Waals surface area contributed by atoms with Gasteiger partial charge in [0, 0.05) is 24.7 Å². The second kappa shape index (κ2) is 6.24. The highest BCUT2D eigenvalue weighted by molar-refractivity contribution is 5.92. The lowest BCUT2D eigenvalue weighted by molar-refractivity contribution is -0.124. The Kier molecular flexibility index (Phi) is 4.40. The number of hydrogen-bond acceptors (Lipinski definition) is 2. The Balaban J connectivity index is 2.05. The first-order valence-electron chi connectivity index (χ1n) is 6.50. The third-order valence-electron chi connectivity index (χ3n) is 3.04. The second-order valence-corrected chi connectivity index (χ2v) is 4.34. The number of carbonyl (C=O) groups is 1. The van der Waals surface area contributed by atoms with Gasteiger partial charge >= 0.3 is 0 Å². The average Bonchev–Trinajstić information content (AvgIpc) is 2.92. The quantitative estimate of drug-likeness (QED) is 0.763. The number of rotatable bonds is 4. The van der Waals surface area contributed by atoms with Gasteiger partial charge < -0.3 is 9.64 Å². The van der Waals surface area contributed by atoms with Crippen molar-refractivity contribution in [2.24, 2.45) is 0 Å². The minimum absolute atomic E-state index is 0.0961. The van der Waals surface area contributed by atoms with E-state index in [4.69, 9.17) is 4.74 Å². The van der Waals surface area contributed by atoms with Gasteiger partial charge in [-0.1, -0.05) is 18.2 Å². The topological polar surface area (TPSA) is 29.5 Å². The zero-order chi connectivity index (χ0) is 12.8. The molecule has 96 valence electrons. The van der Waals surface area contributed by atoms with Crippen molar-refractivity contribution >= 4 is 12.0 Å². The van der Waals surface area contributed by atoms with Crippen LogP contribution in [0.1, 0.15) is 25.3 Å². The van der Waals surface area contributed by atoms with Crippen molar-refractivity contribution in [3.8, 4) is 5.75 Å². The van der Waals surface area contributed by atoms with Crippen LogP contribution in [0, 0.1) is 0 Å². The molecule has 3 nitrogen and oxygen atoms in total. The number of ether oxygens (including phenoxy) is 1. The van der Waals surface area contributed by atoms with E-state index >= 15 is 0 Å². The van der Waals surface area contributed by atoms with E-state index in [-0.39, 0.29) is 5.91 Å². The third kappa shape index (κ3) is 3.13. The molecule has 1 amide bonds. The molecule has 1 saturated heterocycles. The fraction of sp³-hybridized carbons (Fsp3) is 0.400. The third-order valence-corrected chi connectivity index (χ3v) is 3.04. The molecule has 1 aromatic carbocycles. The molecule has 1 fully saturated rings. The Hall–Kier alpha value is -1.77. The van der Waals surface area contributed by atoms with Crippen molar-refractivity contribution < 1.29 is 9.53 Å². The lowest BCUT2D eigenvalue weighted by atomic mass is 10.2. The Bertz CT molecular complexity index is 434. The lowest BCUT2D eigenvalue weighted by Gasteiger charge is -2.12. The number of nitrogens with zero attached hydrogens (tertiary/aromatic N) is 1. The van der Waals surface area contributed by atoms with Gasteiger partial charge in [-0.2, -0.15) is 0 Å². The van der Waals surface area contributed by atoms with E-state index in [0.29, 0.717) is 6.61 Å². The molecule has 0 aliphatic carbocycles. The summed E-state index contributed by atoms with van der Waals surface area (Å²) in [6.45, 7) is 4.35. The molecule has 0 bridgehead atoms. The van der Waals surface area contributed by atoms with Crippen LogP contribution in [-0.4, -0.2) is 30.5 Å². The van der Waals surface area contributed by atoms with Gasteiger partial charge in [0.25, 0.3) is 0 Å². The van der Waals surface area contributed by atoms with Crippen LogP contribution in [0.4, 0.5) is 0 Å². The van der Waals surface area contributed by atoms with Crippen molar-refractivity contribution in [1.29, 1.82) is 0 Å². The van der Waals surface area contributed by atoms with E-state index < -0.39 is 0 Å². The van der Waals surface area contributed by atoms with Gasteiger partial charge in [0.15, 0.2) is 0 Å². The monoisotopic (exact) mass is 245 g/mol. The molecule has 1 heterocycles. The highest BCUT2D eigenvalue weighted by Crippen LogP contribution is 2.19. The van der Waals surface area contributed by atoms with Gasteiger partial charge in [0.05, 0.1) is 6.61 Å². The van der Waals surface area contributed by atoms with Crippen LogP contribution in [0.3, 0.4) is 0 Å². The molecule has 2 rings (SSSR count). The van der Waals surface area contributed by atoms with Crippen LogP contribution in [0.25, 0.3) is 6.08 Å². The molecule has 0 spiro atoms. The van der Waals surface area contributed by atoms with Crippen LogP contribution >= 0.6 is 0 Å². The van der Waals surface area contributed by atoms with Gasteiger partial charge in [-0.05, 0) is 31.9 Å². The van der Waals surface area contributed by atoms with Crippen molar-refractivity contribution in [2.45, 2.75) is 19.8 Å². The molecule has 0 N–H and O–H groups in total. The fourth-order valence-corrected chi connectivity index (χ4v) is 2.11. The van der Waals surface area contributed by atoms with Gasteiger partial charge in [0.1, 0.15) is 5.75 Å². The minimum Gasteiger partial charge on any atom is -0.493 e. The molecule has 0 unspecified atom stereocenters. The summed E-state index contributed by atoms with van der Waals surface area (Å²) in [7, 11) is 0. The zero-order valence-electron chi connectivity index (χ0n) is 10.8. The Morgan fingerprint density at radius 2 is 2.06 bits per heavy atom. The van der Waals surface area contributed by atoms with Crippen LogP contribution in [0.2, 0.25) is 0 Å². The van der Waals surface area contributed by atoms with E-state index in [1.807, 2.05) is 42.2 Å². The molecule has 1 aromatic rings. The van der Waals surface area contributed by atoms with Crippen LogP contribution in [0.5, 0.6) is 5.75 Å². The Labute approximate surface area is 108 Å². The number of para-hydroxylation sites is 1. The second-order valence-electron chi connectivity index (χ2n) is 4.34. The summed E-state index contributed by atoms with van der Waals surface area (Å²) in [6.07, 6.45) is 5.72. The maximum absolute atomic E-state index is 11.9. The summed E-state index contributed by atoms with van der Waals surface area (Å²) in [4.78, 5) is 13.8. The van der Waals surface area contributed by atoms with Crippen molar-refractivity contribution in [1.82, 2.24) is 4.90 Å². The number of amides is 1. The first-order valence-corrected chi connectivity index (χ1v) is 6.50. The van der Waals surface area contributed by atoms with Crippen molar-refractivity contribution in [3.05, 3.63) is 35.9 Å². The highest BCUT2D eigenvalue weighted by Gasteiger charge is 2.15. The van der Waals surface area contributed by atoms with Gasteiger partial charge in [-0.3, -0.25) is 4.79 Å². The summed E-state index contributed by atoms with van der Waals surface area (Å²) in [5.41, 5.74) is 0.951. The largest absolute Gasteiger partial charge is 0.493 e. The summed E-state index contributed by atoms with van der Waals surface area (Å²) in [6, 6.07) is 7.76. The lowest BCUT2D eigenvalue weighted by Crippen LogP contribution is -2.25. The first kappa shape index (κ1) is 12.7. The van der Waals surface area contributed by atoms with Gasteiger partial charge in [-0.25, -0.2) is 0 Å². The van der Waals surface area contributed by atoms with E-state index in [1.54, 1.807) is 6.08 Å².